The summed E-state index contributed by atoms with van der Waals surface area (Å²) in [6.07, 6.45) is 3.36. The smallest absolute Gasteiger partial charge is 0.328 e. The van der Waals surface area contributed by atoms with Gasteiger partial charge in [-0.2, -0.15) is 0 Å². The number of benzene rings is 2. The van der Waals surface area contributed by atoms with Crippen LogP contribution in [0.25, 0.3) is 0 Å². The second-order valence-corrected chi connectivity index (χ2v) is 7.59. The van der Waals surface area contributed by atoms with Crippen LogP contribution in [0.15, 0.2) is 54.6 Å². The second kappa shape index (κ2) is 7.48. The van der Waals surface area contributed by atoms with E-state index in [1.165, 1.54) is 27.8 Å². The van der Waals surface area contributed by atoms with Crippen molar-refractivity contribution in [2.24, 2.45) is 0 Å². The Morgan fingerprint density at radius 2 is 1.31 bits per heavy atom. The topological polar surface area (TPSA) is 77.8 Å². The molecule has 5 heteroatoms. The molecule has 29 heavy (non-hydrogen) atoms. The third kappa shape index (κ3) is 2.88. The van der Waals surface area contributed by atoms with Gasteiger partial charge >= 0.3 is 11.9 Å². The molecule has 0 saturated heterocycles. The predicted octanol–water partition coefficient (Wildman–Crippen LogP) is 4.27. The zero-order valence-corrected chi connectivity index (χ0v) is 17.3. The summed E-state index contributed by atoms with van der Waals surface area (Å²) in [6.45, 7) is 6.87. The first-order chi connectivity index (χ1) is 13.8. The van der Waals surface area contributed by atoms with Gasteiger partial charge in [-0.25, -0.2) is 9.59 Å². The lowest BCUT2D eigenvalue weighted by molar-refractivity contribution is -0.134. The highest BCUT2D eigenvalue weighted by atomic mass is 16.4. The molecule has 4 rings (SSSR count). The zero-order chi connectivity index (χ0) is 21.4. The first kappa shape index (κ1) is 20.8. The molecule has 0 spiro atoms. The number of hydrogen-bond acceptors (Lipinski definition) is 3. The minimum Gasteiger partial charge on any atom is -0.478 e. The van der Waals surface area contributed by atoms with Crippen LogP contribution in [0.1, 0.15) is 54.5 Å². The van der Waals surface area contributed by atoms with Crippen molar-refractivity contribution in [3.05, 3.63) is 82.4 Å². The van der Waals surface area contributed by atoms with E-state index < -0.39 is 11.9 Å². The Morgan fingerprint density at radius 1 is 0.862 bits per heavy atom. The van der Waals surface area contributed by atoms with E-state index in [4.69, 9.17) is 10.2 Å². The van der Waals surface area contributed by atoms with Gasteiger partial charge in [0.1, 0.15) is 0 Å². The van der Waals surface area contributed by atoms with Gasteiger partial charge in [0, 0.05) is 12.2 Å². The number of carboxylic acids is 2. The number of aryl methyl sites for hydroxylation is 1. The molecule has 2 N–H and O–H groups in total. The summed E-state index contributed by atoms with van der Waals surface area (Å²) in [4.78, 5) is 21.8. The van der Waals surface area contributed by atoms with Crippen LogP contribution in [0.4, 0.5) is 0 Å². The van der Waals surface area contributed by atoms with Gasteiger partial charge in [-0.15, -0.1) is 0 Å². The number of fused-ring (bicyclic) bond motifs is 8. The Bertz CT molecular complexity index is 980. The fraction of sp³-hybridized carbons (Fsp3) is 0.333. The van der Waals surface area contributed by atoms with Gasteiger partial charge in [0.05, 0.1) is 11.1 Å². The van der Waals surface area contributed by atoms with Crippen LogP contribution in [-0.4, -0.2) is 34.1 Å². The molecular formula is C24H27NO4. The molecular weight excluding hydrogens is 366 g/mol. The van der Waals surface area contributed by atoms with E-state index in [0.29, 0.717) is 12.2 Å². The first-order valence-electron chi connectivity index (χ1n) is 9.85. The van der Waals surface area contributed by atoms with Crippen molar-refractivity contribution in [1.29, 1.82) is 0 Å². The Labute approximate surface area is 171 Å². The molecule has 0 radical (unpaired) electrons. The molecule has 2 heterocycles. The van der Waals surface area contributed by atoms with Gasteiger partial charge in [-0.1, -0.05) is 61.9 Å². The van der Waals surface area contributed by atoms with Crippen LogP contribution in [0.2, 0.25) is 0 Å². The Hall–Kier alpha value is -2.92. The van der Waals surface area contributed by atoms with Crippen molar-refractivity contribution in [3.63, 3.8) is 0 Å². The number of carboxylic acid groups (broad SMARTS) is 2. The van der Waals surface area contributed by atoms with Crippen LogP contribution in [0, 0.1) is 6.92 Å². The van der Waals surface area contributed by atoms with E-state index in [0.717, 1.165) is 12.8 Å². The van der Waals surface area contributed by atoms with Gasteiger partial charge in [-0.05, 0) is 49.1 Å². The van der Waals surface area contributed by atoms with Gasteiger partial charge < -0.3 is 10.2 Å². The molecule has 0 aliphatic carbocycles. The zero-order valence-electron chi connectivity index (χ0n) is 17.3. The molecule has 0 fully saturated rings. The van der Waals surface area contributed by atoms with Crippen LogP contribution in [-0.2, 0) is 20.7 Å². The van der Waals surface area contributed by atoms with E-state index in [1.54, 1.807) is 0 Å². The number of nitrogens with zero attached hydrogens (tertiary/aromatic N) is 1. The largest absolute Gasteiger partial charge is 0.478 e. The van der Waals surface area contributed by atoms with Gasteiger partial charge in [0.15, 0.2) is 0 Å². The quantitative estimate of drug-likeness (QED) is 0.759. The summed E-state index contributed by atoms with van der Waals surface area (Å²) in [7, 11) is 2.32. The van der Waals surface area contributed by atoms with Crippen molar-refractivity contribution in [2.75, 3.05) is 7.05 Å². The average Bonchev–Trinajstić information content (AvgIpc) is 3.05. The Kier molecular flexibility index (Phi) is 5.37. The van der Waals surface area contributed by atoms with Crippen molar-refractivity contribution in [2.45, 2.75) is 44.7 Å². The van der Waals surface area contributed by atoms with Gasteiger partial charge in [0.2, 0.25) is 0 Å². The highest BCUT2D eigenvalue weighted by Gasteiger charge is 2.63. The summed E-state index contributed by atoms with van der Waals surface area (Å²) < 4.78 is 0. The molecule has 2 aromatic carbocycles. The molecule has 0 amide bonds. The molecule has 5 nitrogen and oxygen atoms in total. The summed E-state index contributed by atoms with van der Waals surface area (Å²) in [6, 6.07) is 16.1. The SMILES string of the molecule is CCC12c3ccccc3C(CC)(c3cc(C)ccc31)N2C.O=C(O)/C=C/C(=O)O. The highest BCUT2D eigenvalue weighted by molar-refractivity contribution is 5.89. The molecule has 2 aliphatic rings. The van der Waals surface area contributed by atoms with Crippen molar-refractivity contribution in [3.8, 4) is 0 Å². The second-order valence-electron chi connectivity index (χ2n) is 7.59. The molecule has 2 unspecified atom stereocenters. The number of carbonyl (C=O) groups is 2. The molecule has 0 aromatic heterocycles. The minimum atomic E-state index is -1.26. The molecule has 0 saturated carbocycles. The summed E-state index contributed by atoms with van der Waals surface area (Å²) >= 11 is 0. The van der Waals surface area contributed by atoms with Gasteiger partial charge in [0.25, 0.3) is 0 Å². The third-order valence-electron chi connectivity index (χ3n) is 6.42. The fourth-order valence-electron chi connectivity index (χ4n) is 5.28. The monoisotopic (exact) mass is 393 g/mol. The molecule has 2 bridgehead atoms. The van der Waals surface area contributed by atoms with E-state index in [9.17, 15) is 9.59 Å². The van der Waals surface area contributed by atoms with Crippen LogP contribution in [0.5, 0.6) is 0 Å². The molecule has 2 atom stereocenters. The molecule has 2 aromatic rings. The number of aliphatic carboxylic acids is 2. The Morgan fingerprint density at radius 3 is 1.76 bits per heavy atom. The normalized spacial score (nSPS) is 24.0. The first-order valence-corrected chi connectivity index (χ1v) is 9.85. The lowest BCUT2D eigenvalue weighted by Crippen LogP contribution is -2.42. The van der Waals surface area contributed by atoms with Crippen LogP contribution in [0.3, 0.4) is 0 Å². The minimum absolute atomic E-state index is 0.0634. The molecule has 2 aliphatic heterocycles. The standard InChI is InChI=1S/C20H23N.C4H4O4/c1-5-19-15-9-7-8-10-16(15)20(6-2,21(19)4)18-13-14(3)11-12-17(18)19;5-3(6)1-2-4(7)8/h7-13H,5-6H2,1-4H3;1-2H,(H,5,6)(H,7,8)/b;2-1+. The Balaban J connectivity index is 0.000000258. The third-order valence-corrected chi connectivity index (χ3v) is 6.42. The maximum atomic E-state index is 9.55. The van der Waals surface area contributed by atoms with E-state index in [1.807, 2.05) is 0 Å². The molecule has 152 valence electrons. The lowest BCUT2D eigenvalue weighted by atomic mass is 9.70. The van der Waals surface area contributed by atoms with E-state index in [-0.39, 0.29) is 11.1 Å². The summed E-state index contributed by atoms with van der Waals surface area (Å²) in [5.41, 5.74) is 7.60. The van der Waals surface area contributed by atoms with Crippen molar-refractivity contribution in [1.82, 2.24) is 4.90 Å². The lowest BCUT2D eigenvalue weighted by Gasteiger charge is -2.36. The highest BCUT2D eigenvalue weighted by Crippen LogP contribution is 2.64. The predicted molar refractivity (Wildman–Crippen MR) is 112 cm³/mol. The van der Waals surface area contributed by atoms with E-state index >= 15 is 0 Å². The number of rotatable bonds is 4. The average molecular weight is 393 g/mol. The van der Waals surface area contributed by atoms with Crippen LogP contribution >= 0.6 is 0 Å². The fourth-order valence-corrected chi connectivity index (χ4v) is 5.28. The van der Waals surface area contributed by atoms with Crippen molar-refractivity contribution < 1.29 is 19.8 Å². The van der Waals surface area contributed by atoms with Crippen LogP contribution < -0.4 is 0 Å². The summed E-state index contributed by atoms with van der Waals surface area (Å²) in [5, 5.41) is 15.6. The maximum Gasteiger partial charge on any atom is 0.328 e. The van der Waals surface area contributed by atoms with E-state index in [2.05, 4.69) is 75.2 Å². The van der Waals surface area contributed by atoms with Gasteiger partial charge in [-0.3, -0.25) is 4.90 Å². The summed E-state index contributed by atoms with van der Waals surface area (Å²) in [5.74, 6) is -2.51. The number of hydrogen-bond donors (Lipinski definition) is 2. The van der Waals surface area contributed by atoms with Crippen molar-refractivity contribution >= 4 is 11.9 Å². The maximum absolute atomic E-state index is 9.55.